The lowest BCUT2D eigenvalue weighted by molar-refractivity contribution is 0.0531. The van der Waals surface area contributed by atoms with Gasteiger partial charge in [0.15, 0.2) is 0 Å². The fraction of sp³-hybridized carbons (Fsp3) is 0.471. The molecule has 0 spiro atoms. The van der Waals surface area contributed by atoms with E-state index in [1.54, 1.807) is 17.3 Å². The molecule has 4 rings (SSSR count). The van der Waals surface area contributed by atoms with Crippen molar-refractivity contribution in [3.63, 3.8) is 0 Å². The van der Waals surface area contributed by atoms with Crippen LogP contribution in [0.25, 0.3) is 0 Å². The molecule has 0 atom stereocenters. The van der Waals surface area contributed by atoms with E-state index in [2.05, 4.69) is 15.1 Å². The number of aryl methyl sites for hydroxylation is 1. The van der Waals surface area contributed by atoms with Gasteiger partial charge in [-0.1, -0.05) is 0 Å². The van der Waals surface area contributed by atoms with Crippen LogP contribution in [0.4, 0.5) is 0 Å². The van der Waals surface area contributed by atoms with Crippen molar-refractivity contribution in [1.29, 1.82) is 0 Å². The quantitative estimate of drug-likeness (QED) is 0.800. The molecule has 0 aromatic carbocycles. The molecular formula is C17H20N6O2. The summed E-state index contributed by atoms with van der Waals surface area (Å²) in [6.07, 6.45) is 9.35. The molecule has 2 aromatic rings. The minimum absolute atomic E-state index is 0.0229. The highest BCUT2D eigenvalue weighted by Gasteiger charge is 2.29. The van der Waals surface area contributed by atoms with Crippen molar-refractivity contribution >= 4 is 11.8 Å². The lowest BCUT2D eigenvalue weighted by Gasteiger charge is -2.34. The Kier molecular flexibility index (Phi) is 4.17. The number of nitrogens with zero attached hydrogens (tertiary/aromatic N) is 6. The number of piperazine rings is 1. The van der Waals surface area contributed by atoms with Crippen molar-refractivity contribution in [2.75, 3.05) is 26.2 Å². The second-order valence-electron chi connectivity index (χ2n) is 6.36. The molecule has 1 saturated heterocycles. The van der Waals surface area contributed by atoms with Crippen LogP contribution in [0.2, 0.25) is 0 Å². The Morgan fingerprint density at radius 2 is 1.64 bits per heavy atom. The summed E-state index contributed by atoms with van der Waals surface area (Å²) < 4.78 is 1.95. The van der Waals surface area contributed by atoms with Crippen LogP contribution in [0.5, 0.6) is 0 Å². The molecular weight excluding hydrogens is 320 g/mol. The van der Waals surface area contributed by atoms with E-state index in [0.29, 0.717) is 37.4 Å². The highest BCUT2D eigenvalue weighted by Crippen LogP contribution is 2.20. The van der Waals surface area contributed by atoms with Gasteiger partial charge in [0.05, 0.1) is 23.7 Å². The Morgan fingerprint density at radius 3 is 2.36 bits per heavy atom. The zero-order chi connectivity index (χ0) is 17.2. The van der Waals surface area contributed by atoms with Gasteiger partial charge in [-0.2, -0.15) is 5.10 Å². The summed E-state index contributed by atoms with van der Waals surface area (Å²) in [5.41, 5.74) is 2.11. The summed E-state index contributed by atoms with van der Waals surface area (Å²) in [7, 11) is 0. The lowest BCUT2D eigenvalue weighted by atomic mass is 10.1. The third-order valence-electron chi connectivity index (χ3n) is 4.85. The van der Waals surface area contributed by atoms with Crippen LogP contribution in [0, 0.1) is 0 Å². The molecule has 8 nitrogen and oxygen atoms in total. The van der Waals surface area contributed by atoms with Gasteiger partial charge in [-0.15, -0.1) is 0 Å². The third-order valence-corrected chi connectivity index (χ3v) is 4.85. The standard InChI is InChI=1S/C17H20N6O2/c24-16(13-11-20-23-6-2-1-3-15(13)23)21-7-9-22(10-8-21)17(25)14-12-18-4-5-19-14/h4-5,11-12H,1-3,6-10H2. The van der Waals surface area contributed by atoms with E-state index in [9.17, 15) is 9.59 Å². The van der Waals surface area contributed by atoms with E-state index in [-0.39, 0.29) is 11.8 Å². The van der Waals surface area contributed by atoms with Gasteiger partial charge < -0.3 is 9.80 Å². The van der Waals surface area contributed by atoms with E-state index >= 15 is 0 Å². The fourth-order valence-corrected chi connectivity index (χ4v) is 3.45. The zero-order valence-corrected chi connectivity index (χ0v) is 14.0. The number of amides is 2. The molecule has 0 radical (unpaired) electrons. The zero-order valence-electron chi connectivity index (χ0n) is 14.0. The van der Waals surface area contributed by atoms with Gasteiger partial charge >= 0.3 is 0 Å². The van der Waals surface area contributed by atoms with Gasteiger partial charge in [-0.05, 0) is 19.3 Å². The van der Waals surface area contributed by atoms with E-state index < -0.39 is 0 Å². The highest BCUT2D eigenvalue weighted by atomic mass is 16.2. The first-order chi connectivity index (χ1) is 12.2. The van der Waals surface area contributed by atoms with Crippen molar-refractivity contribution < 1.29 is 9.59 Å². The summed E-state index contributed by atoms with van der Waals surface area (Å²) in [5, 5.41) is 4.34. The molecule has 2 aliphatic heterocycles. The SMILES string of the molecule is O=C(c1cnccn1)N1CCN(C(=O)c2cnn3c2CCCC3)CC1. The van der Waals surface area contributed by atoms with Gasteiger partial charge in [0.25, 0.3) is 11.8 Å². The van der Waals surface area contributed by atoms with Gasteiger partial charge in [0.1, 0.15) is 5.69 Å². The minimum Gasteiger partial charge on any atom is -0.335 e. The van der Waals surface area contributed by atoms with E-state index in [1.807, 2.05) is 9.58 Å². The van der Waals surface area contributed by atoms with E-state index in [1.165, 1.54) is 12.4 Å². The normalized spacial score (nSPS) is 17.3. The van der Waals surface area contributed by atoms with Crippen LogP contribution < -0.4 is 0 Å². The second-order valence-corrected chi connectivity index (χ2v) is 6.36. The predicted molar refractivity (Wildman–Crippen MR) is 89.0 cm³/mol. The molecule has 2 amide bonds. The molecule has 0 aliphatic carbocycles. The number of carbonyl (C=O) groups is 2. The number of hydrogen-bond acceptors (Lipinski definition) is 5. The Morgan fingerprint density at radius 1 is 0.880 bits per heavy atom. The van der Waals surface area contributed by atoms with Gasteiger partial charge in [-0.3, -0.25) is 19.3 Å². The van der Waals surface area contributed by atoms with Crippen molar-refractivity contribution in [1.82, 2.24) is 29.5 Å². The Balaban J connectivity index is 1.41. The van der Waals surface area contributed by atoms with Crippen molar-refractivity contribution in [2.24, 2.45) is 0 Å². The van der Waals surface area contributed by atoms with Crippen molar-refractivity contribution in [2.45, 2.75) is 25.8 Å². The van der Waals surface area contributed by atoms with Crippen LogP contribution >= 0.6 is 0 Å². The maximum Gasteiger partial charge on any atom is 0.274 e. The first-order valence-electron chi connectivity index (χ1n) is 8.63. The predicted octanol–water partition coefficient (Wildman–Crippen LogP) is 0.608. The molecule has 8 heteroatoms. The van der Waals surface area contributed by atoms with Crippen LogP contribution in [0.15, 0.2) is 24.8 Å². The highest BCUT2D eigenvalue weighted by molar-refractivity contribution is 5.96. The van der Waals surface area contributed by atoms with Crippen LogP contribution in [0.3, 0.4) is 0 Å². The first kappa shape index (κ1) is 15.7. The molecule has 130 valence electrons. The smallest absolute Gasteiger partial charge is 0.274 e. The molecule has 25 heavy (non-hydrogen) atoms. The first-order valence-corrected chi connectivity index (χ1v) is 8.63. The van der Waals surface area contributed by atoms with E-state index in [0.717, 1.165) is 31.5 Å². The van der Waals surface area contributed by atoms with Crippen LogP contribution in [-0.2, 0) is 13.0 Å². The molecule has 2 aromatic heterocycles. The summed E-state index contributed by atoms with van der Waals surface area (Å²) in [4.78, 5) is 36.8. The lowest BCUT2D eigenvalue weighted by Crippen LogP contribution is -2.50. The number of fused-ring (bicyclic) bond motifs is 1. The number of hydrogen-bond donors (Lipinski definition) is 0. The summed E-state index contributed by atoms with van der Waals surface area (Å²) in [6, 6.07) is 0. The van der Waals surface area contributed by atoms with Crippen molar-refractivity contribution in [3.05, 3.63) is 41.7 Å². The number of carbonyl (C=O) groups excluding carboxylic acids is 2. The number of rotatable bonds is 2. The summed E-state index contributed by atoms with van der Waals surface area (Å²) >= 11 is 0. The average Bonchev–Trinajstić information content (AvgIpc) is 3.12. The topological polar surface area (TPSA) is 84.2 Å². The molecule has 4 heterocycles. The molecule has 1 fully saturated rings. The van der Waals surface area contributed by atoms with Crippen LogP contribution in [-0.4, -0.2) is 67.5 Å². The van der Waals surface area contributed by atoms with E-state index in [4.69, 9.17) is 0 Å². The largest absolute Gasteiger partial charge is 0.335 e. The van der Waals surface area contributed by atoms with Gasteiger partial charge in [0.2, 0.25) is 0 Å². The van der Waals surface area contributed by atoms with Crippen molar-refractivity contribution in [3.8, 4) is 0 Å². The maximum absolute atomic E-state index is 12.8. The Hall–Kier alpha value is -2.77. The molecule has 0 saturated carbocycles. The minimum atomic E-state index is -0.136. The number of aromatic nitrogens is 4. The average molecular weight is 340 g/mol. The van der Waals surface area contributed by atoms with Crippen LogP contribution in [0.1, 0.15) is 39.4 Å². The maximum atomic E-state index is 12.8. The fourth-order valence-electron chi connectivity index (χ4n) is 3.45. The van der Waals surface area contributed by atoms with Gasteiger partial charge in [-0.25, -0.2) is 4.98 Å². The Bertz CT molecular complexity index is 780. The molecule has 0 bridgehead atoms. The summed E-state index contributed by atoms with van der Waals surface area (Å²) in [5.74, 6) is -0.113. The third kappa shape index (κ3) is 2.99. The van der Waals surface area contributed by atoms with Gasteiger partial charge in [0, 0.05) is 45.1 Å². The molecule has 0 unspecified atom stereocenters. The monoisotopic (exact) mass is 340 g/mol. The molecule has 0 N–H and O–H groups in total. The Labute approximate surface area is 145 Å². The molecule has 2 aliphatic rings. The second kappa shape index (κ2) is 6.62. The summed E-state index contributed by atoms with van der Waals surface area (Å²) in [6.45, 7) is 2.95.